The van der Waals surface area contributed by atoms with Crippen LogP contribution >= 0.6 is 0 Å². The van der Waals surface area contributed by atoms with Crippen LogP contribution in [0.25, 0.3) is 0 Å². The Morgan fingerprint density at radius 2 is 1.67 bits per heavy atom. The number of carbonyl (C=O) groups is 3. The van der Waals surface area contributed by atoms with E-state index in [1.165, 1.54) is 5.56 Å². The van der Waals surface area contributed by atoms with Gasteiger partial charge in [0.1, 0.15) is 6.61 Å². The Hall–Kier alpha value is -3.15. The molecule has 2 amide bonds. The molecule has 1 saturated heterocycles. The molecule has 2 aromatic rings. The Balaban J connectivity index is 1.35. The summed E-state index contributed by atoms with van der Waals surface area (Å²) < 4.78 is 5.27. The van der Waals surface area contributed by atoms with Crippen LogP contribution in [0.1, 0.15) is 29.5 Å². The van der Waals surface area contributed by atoms with Gasteiger partial charge in [-0.05, 0) is 38.0 Å². The van der Waals surface area contributed by atoms with Crippen molar-refractivity contribution in [2.45, 2.75) is 33.1 Å². The third kappa shape index (κ3) is 5.92. The molecule has 1 unspecified atom stereocenters. The van der Waals surface area contributed by atoms with Crippen LogP contribution in [-0.4, -0.2) is 37.5 Å². The van der Waals surface area contributed by atoms with E-state index in [4.69, 9.17) is 4.74 Å². The number of hydrogen-bond acceptors (Lipinski definition) is 4. The highest BCUT2D eigenvalue weighted by Gasteiger charge is 2.36. The monoisotopic (exact) mass is 408 g/mol. The molecule has 158 valence electrons. The molecule has 1 fully saturated rings. The number of esters is 1. The van der Waals surface area contributed by atoms with Crippen molar-refractivity contribution in [2.24, 2.45) is 5.92 Å². The topological polar surface area (TPSA) is 75.7 Å². The number of nitrogens with one attached hydrogen (secondary N) is 1. The van der Waals surface area contributed by atoms with Crippen molar-refractivity contribution in [3.05, 3.63) is 65.2 Å². The number of nitrogens with zero attached hydrogens (tertiary/aromatic N) is 1. The maximum absolute atomic E-state index is 12.3. The fraction of sp³-hybridized carbons (Fsp3) is 0.375. The molecule has 0 aromatic heterocycles. The van der Waals surface area contributed by atoms with Gasteiger partial charge < -0.3 is 15.0 Å². The van der Waals surface area contributed by atoms with Crippen LogP contribution in [0.4, 0.5) is 5.69 Å². The van der Waals surface area contributed by atoms with Crippen LogP contribution in [0, 0.1) is 19.8 Å². The Morgan fingerprint density at radius 1 is 1.03 bits per heavy atom. The fourth-order valence-electron chi connectivity index (χ4n) is 3.40. The standard InChI is InChI=1S/C24H28N2O4/c1-17-3-7-19(8-4-17)9-12-22(27)25-13-14-30-24(29)20-15-23(28)26(16-20)21-10-5-18(2)6-11-21/h3-8,10-11,20H,9,12-16H2,1-2H3,(H,25,27). The number of benzene rings is 2. The minimum absolute atomic E-state index is 0.0757. The van der Waals surface area contributed by atoms with Crippen LogP contribution in [0.15, 0.2) is 48.5 Å². The van der Waals surface area contributed by atoms with Gasteiger partial charge in [-0.3, -0.25) is 14.4 Å². The summed E-state index contributed by atoms with van der Waals surface area (Å²) in [5, 5.41) is 2.77. The van der Waals surface area contributed by atoms with Gasteiger partial charge in [0.25, 0.3) is 0 Å². The van der Waals surface area contributed by atoms with Crippen molar-refractivity contribution in [1.29, 1.82) is 0 Å². The average Bonchev–Trinajstić information content (AvgIpc) is 3.13. The molecule has 1 aliphatic rings. The minimum atomic E-state index is -0.476. The predicted octanol–water partition coefficient (Wildman–Crippen LogP) is 2.95. The molecule has 3 rings (SSSR count). The molecular formula is C24H28N2O4. The third-order valence-corrected chi connectivity index (χ3v) is 5.23. The van der Waals surface area contributed by atoms with E-state index in [2.05, 4.69) is 5.32 Å². The van der Waals surface area contributed by atoms with Gasteiger partial charge in [0.15, 0.2) is 0 Å². The quantitative estimate of drug-likeness (QED) is 0.538. The van der Waals surface area contributed by atoms with Crippen molar-refractivity contribution in [3.63, 3.8) is 0 Å². The molecule has 6 heteroatoms. The largest absolute Gasteiger partial charge is 0.464 e. The van der Waals surface area contributed by atoms with Crippen LogP contribution < -0.4 is 10.2 Å². The maximum Gasteiger partial charge on any atom is 0.311 e. The van der Waals surface area contributed by atoms with Gasteiger partial charge in [0.2, 0.25) is 11.8 Å². The molecule has 2 aromatic carbocycles. The molecule has 1 atom stereocenters. The number of anilines is 1. The summed E-state index contributed by atoms with van der Waals surface area (Å²) in [6.07, 6.45) is 1.21. The highest BCUT2D eigenvalue weighted by Crippen LogP contribution is 2.26. The summed E-state index contributed by atoms with van der Waals surface area (Å²) in [7, 11) is 0. The Morgan fingerprint density at radius 3 is 2.33 bits per heavy atom. The normalized spacial score (nSPS) is 15.9. The molecule has 0 radical (unpaired) electrons. The summed E-state index contributed by atoms with van der Waals surface area (Å²) in [6.45, 7) is 4.70. The zero-order valence-electron chi connectivity index (χ0n) is 17.5. The first-order valence-corrected chi connectivity index (χ1v) is 10.3. The molecule has 0 bridgehead atoms. The van der Waals surface area contributed by atoms with Crippen molar-refractivity contribution in [2.75, 3.05) is 24.6 Å². The van der Waals surface area contributed by atoms with Gasteiger partial charge in [-0.25, -0.2) is 0 Å². The number of carbonyl (C=O) groups excluding carboxylic acids is 3. The van der Waals surface area contributed by atoms with Crippen molar-refractivity contribution in [3.8, 4) is 0 Å². The Labute approximate surface area is 177 Å². The first-order valence-electron chi connectivity index (χ1n) is 10.3. The van der Waals surface area contributed by atoms with Gasteiger partial charge in [0.05, 0.1) is 12.5 Å². The van der Waals surface area contributed by atoms with Gasteiger partial charge in [-0.15, -0.1) is 0 Å². The summed E-state index contributed by atoms with van der Waals surface area (Å²) in [4.78, 5) is 38.1. The third-order valence-electron chi connectivity index (χ3n) is 5.23. The van der Waals surface area contributed by atoms with E-state index in [0.717, 1.165) is 16.8 Å². The molecule has 1 N–H and O–H groups in total. The Bertz CT molecular complexity index is 890. The smallest absolute Gasteiger partial charge is 0.311 e. The second-order valence-corrected chi connectivity index (χ2v) is 7.74. The molecule has 0 spiro atoms. The van der Waals surface area contributed by atoms with Crippen LogP contribution in [-0.2, 0) is 25.5 Å². The number of hydrogen-bond donors (Lipinski definition) is 1. The second-order valence-electron chi connectivity index (χ2n) is 7.74. The SMILES string of the molecule is Cc1ccc(CCC(=O)NCCOC(=O)C2CC(=O)N(c3ccc(C)cc3)C2)cc1. The van der Waals surface area contributed by atoms with E-state index in [1.54, 1.807) is 4.90 Å². The lowest BCUT2D eigenvalue weighted by molar-refractivity contribution is -0.148. The molecule has 30 heavy (non-hydrogen) atoms. The lowest BCUT2D eigenvalue weighted by Crippen LogP contribution is -2.30. The van der Waals surface area contributed by atoms with Crippen molar-refractivity contribution >= 4 is 23.5 Å². The van der Waals surface area contributed by atoms with E-state index in [9.17, 15) is 14.4 Å². The van der Waals surface area contributed by atoms with Crippen LogP contribution in [0.3, 0.4) is 0 Å². The molecule has 1 heterocycles. The van der Waals surface area contributed by atoms with Crippen LogP contribution in [0.2, 0.25) is 0 Å². The highest BCUT2D eigenvalue weighted by molar-refractivity contribution is 5.99. The van der Waals surface area contributed by atoms with Crippen molar-refractivity contribution in [1.82, 2.24) is 5.32 Å². The zero-order chi connectivity index (χ0) is 21.5. The Kier molecular flexibility index (Phi) is 7.22. The summed E-state index contributed by atoms with van der Waals surface area (Å²) in [6, 6.07) is 15.7. The lowest BCUT2D eigenvalue weighted by atomic mass is 10.1. The van der Waals surface area contributed by atoms with E-state index in [0.29, 0.717) is 19.4 Å². The summed E-state index contributed by atoms with van der Waals surface area (Å²) in [5.74, 6) is -1.03. The van der Waals surface area contributed by atoms with E-state index in [-0.39, 0.29) is 31.4 Å². The van der Waals surface area contributed by atoms with Crippen molar-refractivity contribution < 1.29 is 19.1 Å². The first-order chi connectivity index (χ1) is 14.4. The first kappa shape index (κ1) is 21.6. The van der Waals surface area contributed by atoms with Gasteiger partial charge >= 0.3 is 5.97 Å². The maximum atomic E-state index is 12.3. The fourth-order valence-corrected chi connectivity index (χ4v) is 3.40. The molecule has 0 saturated carbocycles. The van der Waals surface area contributed by atoms with E-state index in [1.807, 2.05) is 62.4 Å². The summed E-state index contributed by atoms with van der Waals surface area (Å²) in [5.41, 5.74) is 4.21. The number of amides is 2. The van der Waals surface area contributed by atoms with Gasteiger partial charge in [-0.2, -0.15) is 0 Å². The number of ether oxygens (including phenoxy) is 1. The predicted molar refractivity (Wildman–Crippen MR) is 115 cm³/mol. The summed E-state index contributed by atoms with van der Waals surface area (Å²) >= 11 is 0. The number of aryl methyl sites for hydroxylation is 3. The minimum Gasteiger partial charge on any atom is -0.464 e. The molecule has 1 aliphatic heterocycles. The zero-order valence-corrected chi connectivity index (χ0v) is 17.5. The average molecular weight is 408 g/mol. The highest BCUT2D eigenvalue weighted by atomic mass is 16.5. The van der Waals surface area contributed by atoms with E-state index < -0.39 is 11.9 Å². The van der Waals surface area contributed by atoms with Gasteiger partial charge in [-0.1, -0.05) is 47.5 Å². The van der Waals surface area contributed by atoms with Crippen LogP contribution in [0.5, 0.6) is 0 Å². The second kappa shape index (κ2) is 10.1. The molecule has 6 nitrogen and oxygen atoms in total. The molecular weight excluding hydrogens is 380 g/mol. The number of rotatable bonds is 8. The lowest BCUT2D eigenvalue weighted by Gasteiger charge is -2.16. The van der Waals surface area contributed by atoms with Gasteiger partial charge in [0, 0.05) is 25.1 Å². The molecule has 0 aliphatic carbocycles. The van der Waals surface area contributed by atoms with E-state index >= 15 is 0 Å².